The van der Waals surface area contributed by atoms with E-state index in [1.54, 1.807) is 0 Å². The van der Waals surface area contributed by atoms with Crippen molar-refractivity contribution in [2.75, 3.05) is 6.61 Å². The number of benzene rings is 1. The Morgan fingerprint density at radius 1 is 1.21 bits per heavy atom. The van der Waals surface area contributed by atoms with Gasteiger partial charge in [-0.2, -0.15) is 0 Å². The average Bonchev–Trinajstić information content (AvgIpc) is 2.42. The van der Waals surface area contributed by atoms with Crippen molar-refractivity contribution in [2.45, 2.75) is 58.6 Å². The van der Waals surface area contributed by atoms with Gasteiger partial charge >= 0.3 is 0 Å². The molecule has 0 bridgehead atoms. The molecule has 0 saturated carbocycles. The molecule has 2 unspecified atom stereocenters. The van der Waals surface area contributed by atoms with Gasteiger partial charge < -0.3 is 4.74 Å². The highest BCUT2D eigenvalue weighted by Crippen LogP contribution is 2.28. The van der Waals surface area contributed by atoms with Crippen LogP contribution < -0.4 is 11.3 Å². The van der Waals surface area contributed by atoms with Crippen LogP contribution >= 0.6 is 0 Å². The van der Waals surface area contributed by atoms with Crippen LogP contribution in [0.1, 0.15) is 54.0 Å². The van der Waals surface area contributed by atoms with Crippen LogP contribution in [0, 0.1) is 20.8 Å². The van der Waals surface area contributed by atoms with Gasteiger partial charge in [0.1, 0.15) is 0 Å². The zero-order chi connectivity index (χ0) is 13.8. The van der Waals surface area contributed by atoms with Crippen LogP contribution in [0.4, 0.5) is 0 Å². The molecule has 1 aliphatic rings. The van der Waals surface area contributed by atoms with E-state index in [0.717, 1.165) is 19.4 Å². The van der Waals surface area contributed by atoms with Gasteiger partial charge in [0, 0.05) is 12.6 Å². The first-order valence-electron chi connectivity index (χ1n) is 7.27. The molecule has 1 fully saturated rings. The number of aryl methyl sites for hydroxylation is 3. The highest BCUT2D eigenvalue weighted by molar-refractivity contribution is 5.38. The molecule has 0 radical (unpaired) electrons. The van der Waals surface area contributed by atoms with E-state index >= 15 is 0 Å². The minimum Gasteiger partial charge on any atom is -0.378 e. The van der Waals surface area contributed by atoms with Gasteiger partial charge in [-0.25, -0.2) is 0 Å². The summed E-state index contributed by atoms with van der Waals surface area (Å²) >= 11 is 0. The largest absolute Gasteiger partial charge is 0.378 e. The van der Waals surface area contributed by atoms with Crippen molar-refractivity contribution < 1.29 is 4.74 Å². The molecule has 0 amide bonds. The summed E-state index contributed by atoms with van der Waals surface area (Å²) in [6.45, 7) is 7.37. The molecule has 2 rings (SSSR count). The Bertz CT molecular complexity index is 425. The minimum absolute atomic E-state index is 0.183. The number of ether oxygens (including phenoxy) is 1. The van der Waals surface area contributed by atoms with Crippen molar-refractivity contribution in [3.8, 4) is 0 Å². The molecule has 3 nitrogen and oxygen atoms in total. The van der Waals surface area contributed by atoms with E-state index in [1.165, 1.54) is 35.1 Å². The van der Waals surface area contributed by atoms with E-state index in [4.69, 9.17) is 10.6 Å². The molecule has 1 aromatic carbocycles. The Morgan fingerprint density at radius 3 is 2.58 bits per heavy atom. The van der Waals surface area contributed by atoms with Crippen molar-refractivity contribution in [2.24, 2.45) is 5.84 Å². The van der Waals surface area contributed by atoms with Crippen LogP contribution in [0.15, 0.2) is 12.1 Å². The van der Waals surface area contributed by atoms with Crippen molar-refractivity contribution in [1.29, 1.82) is 0 Å². The number of hydrazine groups is 1. The Labute approximate surface area is 116 Å². The molecule has 0 aromatic heterocycles. The molecule has 3 N–H and O–H groups in total. The van der Waals surface area contributed by atoms with Gasteiger partial charge in [-0.05, 0) is 68.7 Å². The summed E-state index contributed by atoms with van der Waals surface area (Å²) in [5.41, 5.74) is 8.25. The molecule has 1 saturated heterocycles. The quantitative estimate of drug-likeness (QED) is 0.647. The molecule has 1 heterocycles. The summed E-state index contributed by atoms with van der Waals surface area (Å²) in [7, 11) is 0. The topological polar surface area (TPSA) is 47.3 Å². The standard InChI is InChI=1S/C16H26N2O/c1-11-8-13(3)15(9-12(11)2)16(18-17)10-14-6-4-5-7-19-14/h8-9,14,16,18H,4-7,10,17H2,1-3H3. The molecule has 0 aliphatic carbocycles. The fourth-order valence-corrected chi connectivity index (χ4v) is 2.90. The van der Waals surface area contributed by atoms with Crippen LogP contribution in [0.5, 0.6) is 0 Å². The SMILES string of the molecule is Cc1cc(C)c(C(CC2CCCCO2)NN)cc1C. The predicted molar refractivity (Wildman–Crippen MR) is 78.9 cm³/mol. The smallest absolute Gasteiger partial charge is 0.0593 e. The second-order valence-corrected chi connectivity index (χ2v) is 5.74. The lowest BCUT2D eigenvalue weighted by molar-refractivity contribution is 0.00499. The first-order chi connectivity index (χ1) is 9.11. The van der Waals surface area contributed by atoms with Crippen LogP contribution in [0.3, 0.4) is 0 Å². The highest BCUT2D eigenvalue weighted by Gasteiger charge is 2.21. The van der Waals surface area contributed by atoms with E-state index in [9.17, 15) is 0 Å². The average molecular weight is 262 g/mol. The number of hydrogen-bond donors (Lipinski definition) is 2. The van der Waals surface area contributed by atoms with Crippen molar-refractivity contribution >= 4 is 0 Å². The molecular weight excluding hydrogens is 236 g/mol. The lowest BCUT2D eigenvalue weighted by atomic mass is 9.91. The van der Waals surface area contributed by atoms with Gasteiger partial charge in [-0.15, -0.1) is 0 Å². The summed E-state index contributed by atoms with van der Waals surface area (Å²) in [5.74, 6) is 5.77. The van der Waals surface area contributed by atoms with E-state index in [2.05, 4.69) is 38.3 Å². The third-order valence-corrected chi connectivity index (χ3v) is 4.23. The number of hydrogen-bond acceptors (Lipinski definition) is 3. The monoisotopic (exact) mass is 262 g/mol. The third-order valence-electron chi connectivity index (χ3n) is 4.23. The molecule has 1 aromatic rings. The molecule has 1 aliphatic heterocycles. The first-order valence-corrected chi connectivity index (χ1v) is 7.27. The summed E-state index contributed by atoms with van der Waals surface area (Å²) in [6, 6.07) is 4.69. The molecule has 0 spiro atoms. The Balaban J connectivity index is 2.14. The third kappa shape index (κ3) is 3.56. The van der Waals surface area contributed by atoms with Gasteiger partial charge in [-0.3, -0.25) is 11.3 Å². The second kappa shape index (κ2) is 6.51. The van der Waals surface area contributed by atoms with Crippen molar-refractivity contribution in [1.82, 2.24) is 5.43 Å². The molecule has 3 heteroatoms. The number of nitrogens with two attached hydrogens (primary N) is 1. The Kier molecular flexibility index (Phi) is 4.97. The Morgan fingerprint density at radius 2 is 1.95 bits per heavy atom. The van der Waals surface area contributed by atoms with Gasteiger partial charge in [0.25, 0.3) is 0 Å². The van der Waals surface area contributed by atoms with E-state index in [1.807, 2.05) is 0 Å². The Hall–Kier alpha value is -0.900. The van der Waals surface area contributed by atoms with Crippen LogP contribution in [0.2, 0.25) is 0 Å². The fourth-order valence-electron chi connectivity index (χ4n) is 2.90. The summed E-state index contributed by atoms with van der Waals surface area (Å²) in [4.78, 5) is 0. The molecule has 106 valence electrons. The summed E-state index contributed by atoms with van der Waals surface area (Å²) < 4.78 is 5.83. The van der Waals surface area contributed by atoms with Gasteiger partial charge in [-0.1, -0.05) is 12.1 Å². The lowest BCUT2D eigenvalue weighted by Gasteiger charge is -2.28. The van der Waals surface area contributed by atoms with Gasteiger partial charge in [0.2, 0.25) is 0 Å². The maximum Gasteiger partial charge on any atom is 0.0593 e. The lowest BCUT2D eigenvalue weighted by Crippen LogP contribution is -2.33. The van der Waals surface area contributed by atoms with E-state index in [0.29, 0.717) is 6.10 Å². The van der Waals surface area contributed by atoms with Crippen molar-refractivity contribution in [3.05, 3.63) is 34.4 Å². The van der Waals surface area contributed by atoms with Gasteiger partial charge in [0.15, 0.2) is 0 Å². The van der Waals surface area contributed by atoms with Crippen molar-refractivity contribution in [3.63, 3.8) is 0 Å². The first kappa shape index (κ1) is 14.5. The van der Waals surface area contributed by atoms with Gasteiger partial charge in [0.05, 0.1) is 6.10 Å². The minimum atomic E-state index is 0.183. The maximum atomic E-state index is 5.83. The number of rotatable bonds is 4. The summed E-state index contributed by atoms with van der Waals surface area (Å²) in [6.07, 6.45) is 4.92. The molecular formula is C16H26N2O. The normalized spacial score (nSPS) is 21.4. The summed E-state index contributed by atoms with van der Waals surface area (Å²) in [5, 5.41) is 0. The second-order valence-electron chi connectivity index (χ2n) is 5.74. The van der Waals surface area contributed by atoms with Crippen LogP contribution in [0.25, 0.3) is 0 Å². The van der Waals surface area contributed by atoms with Crippen LogP contribution in [-0.4, -0.2) is 12.7 Å². The number of nitrogens with one attached hydrogen (secondary N) is 1. The van der Waals surface area contributed by atoms with E-state index in [-0.39, 0.29) is 6.04 Å². The molecule has 2 atom stereocenters. The highest BCUT2D eigenvalue weighted by atomic mass is 16.5. The molecule has 19 heavy (non-hydrogen) atoms. The van der Waals surface area contributed by atoms with Crippen LogP contribution in [-0.2, 0) is 4.74 Å². The van der Waals surface area contributed by atoms with E-state index < -0.39 is 0 Å². The maximum absolute atomic E-state index is 5.83. The zero-order valence-corrected chi connectivity index (χ0v) is 12.3. The predicted octanol–water partition coefficient (Wildman–Crippen LogP) is 3.08. The fraction of sp³-hybridized carbons (Fsp3) is 0.625. The zero-order valence-electron chi connectivity index (χ0n) is 12.3.